The van der Waals surface area contributed by atoms with Gasteiger partial charge in [0.05, 0.1) is 0 Å². The third-order valence-corrected chi connectivity index (χ3v) is 5.02. The van der Waals surface area contributed by atoms with E-state index in [9.17, 15) is 17.5 Å². The summed E-state index contributed by atoms with van der Waals surface area (Å²) in [6, 6.07) is 22.3. The second-order valence-corrected chi connectivity index (χ2v) is 8.22. The van der Waals surface area contributed by atoms with E-state index in [1.807, 2.05) is 30.3 Å². The molecule has 0 aliphatic carbocycles. The van der Waals surface area contributed by atoms with Crippen molar-refractivity contribution in [3.8, 4) is 0 Å². The Labute approximate surface area is 237 Å². The maximum Gasteiger partial charge on any atom is 1.00 e. The van der Waals surface area contributed by atoms with Gasteiger partial charge in [0.25, 0.3) is 0 Å². The maximum absolute atomic E-state index is 10.3. The molecule has 0 fully saturated rings. The van der Waals surface area contributed by atoms with Crippen LogP contribution in [0.1, 0.15) is 0 Å². The summed E-state index contributed by atoms with van der Waals surface area (Å²) in [6.07, 6.45) is 0. The summed E-state index contributed by atoms with van der Waals surface area (Å²) in [5.41, 5.74) is 0. The van der Waals surface area contributed by atoms with Crippen LogP contribution in [-0.4, -0.2) is 17.5 Å². The molecule has 29 heavy (non-hydrogen) atoms. The Balaban J connectivity index is 0. The van der Waals surface area contributed by atoms with Crippen LogP contribution in [0.5, 0.6) is 0 Å². The van der Waals surface area contributed by atoms with Crippen molar-refractivity contribution in [3.05, 3.63) is 78.9 Å². The minimum atomic E-state index is -2.12. The zero-order valence-electron chi connectivity index (χ0n) is 15.8. The van der Waals surface area contributed by atoms with E-state index >= 15 is 0 Å². The van der Waals surface area contributed by atoms with Gasteiger partial charge in [0.1, 0.15) is 0 Å². The average molecular weight is 503 g/mol. The van der Waals surface area contributed by atoms with Crippen molar-refractivity contribution in [1.29, 1.82) is 0 Å². The van der Waals surface area contributed by atoms with Crippen molar-refractivity contribution in [2.24, 2.45) is 0 Å². The van der Waals surface area contributed by atoms with Gasteiger partial charge in [-0.2, -0.15) is 0 Å². The molecule has 144 valence electrons. The molecule has 4 nitrogen and oxygen atoms in total. The number of thiol groups is 3. The quantitative estimate of drug-likeness (QED) is 0.224. The van der Waals surface area contributed by atoms with Gasteiger partial charge in [-0.1, -0.05) is 18.2 Å². The van der Waals surface area contributed by atoms with Crippen molar-refractivity contribution in [2.45, 2.75) is 24.5 Å². The molecule has 2 atom stereocenters. The molecule has 0 amide bonds. The molecular formula is C18H16Na2O4S5. The molecule has 0 N–H and O–H groups in total. The summed E-state index contributed by atoms with van der Waals surface area (Å²) >= 11 is 7.84. The molecule has 0 bridgehead atoms. The van der Waals surface area contributed by atoms with Crippen molar-refractivity contribution in [1.82, 2.24) is 0 Å². The normalized spacial score (nSPS) is 11.1. The third-order valence-electron chi connectivity index (χ3n) is 2.81. The zero-order valence-corrected chi connectivity index (χ0v) is 24.1. The number of hydrogen-bond acceptors (Lipinski definition) is 7. The number of hydrogen-bond donors (Lipinski definition) is 3. The molecule has 3 aromatic rings. The largest absolute Gasteiger partial charge is 1.00 e. The van der Waals surface area contributed by atoms with E-state index in [0.717, 1.165) is 14.7 Å². The van der Waals surface area contributed by atoms with E-state index < -0.39 is 22.2 Å². The van der Waals surface area contributed by atoms with Crippen LogP contribution < -0.4 is 59.1 Å². The fourth-order valence-corrected chi connectivity index (χ4v) is 2.73. The number of rotatable bonds is 2. The molecule has 0 spiro atoms. The smallest absolute Gasteiger partial charge is 0.768 e. The van der Waals surface area contributed by atoms with Crippen LogP contribution in [0.3, 0.4) is 0 Å². The monoisotopic (exact) mass is 502 g/mol. The predicted octanol–water partition coefficient (Wildman–Crippen LogP) is -1.59. The van der Waals surface area contributed by atoms with Crippen molar-refractivity contribution in [2.75, 3.05) is 0 Å². The minimum Gasteiger partial charge on any atom is -0.768 e. The first-order valence-electron chi connectivity index (χ1n) is 7.30. The fourth-order valence-electron chi connectivity index (χ4n) is 1.54. The molecule has 0 aromatic heterocycles. The van der Waals surface area contributed by atoms with Crippen molar-refractivity contribution < 1.29 is 76.6 Å². The van der Waals surface area contributed by atoms with Gasteiger partial charge in [-0.3, -0.25) is 8.42 Å². The number of benzene rings is 3. The standard InChI is InChI=1S/2C6H6O2S2.C6H6S.2Na/c2*7-10(8)6-3-1-5(9)2-4-6;7-6-4-2-1-3-5-6;;/h2*1-4,9H,(H,7,8);1-5,7H;;/q;;;2*+1/p-2. The molecule has 0 saturated carbocycles. The average Bonchev–Trinajstić information content (AvgIpc) is 2.64. The van der Waals surface area contributed by atoms with E-state index in [2.05, 4.69) is 37.9 Å². The van der Waals surface area contributed by atoms with Crippen LogP contribution >= 0.6 is 37.9 Å². The molecule has 0 aliphatic heterocycles. The van der Waals surface area contributed by atoms with Gasteiger partial charge in [0, 0.05) is 24.5 Å². The summed E-state index contributed by atoms with van der Waals surface area (Å²) in [7, 11) is 0. The summed E-state index contributed by atoms with van der Waals surface area (Å²) in [4.78, 5) is 3.11. The second kappa shape index (κ2) is 18.5. The Bertz CT molecular complexity index is 808. The van der Waals surface area contributed by atoms with E-state index in [4.69, 9.17) is 0 Å². The Morgan fingerprint density at radius 3 is 1.00 bits per heavy atom. The Morgan fingerprint density at radius 2 is 0.793 bits per heavy atom. The summed E-state index contributed by atoms with van der Waals surface area (Å²) in [5, 5.41) is 0. The molecule has 11 heteroatoms. The van der Waals surface area contributed by atoms with Gasteiger partial charge in [-0.05, 0) is 82.8 Å². The Hall–Kier alpha value is 0.930. The first kappa shape index (κ1) is 32.1. The first-order valence-corrected chi connectivity index (χ1v) is 10.8. The molecule has 0 saturated heterocycles. The predicted molar refractivity (Wildman–Crippen MR) is 115 cm³/mol. The van der Waals surface area contributed by atoms with E-state index in [-0.39, 0.29) is 68.9 Å². The second-order valence-electron chi connectivity index (χ2n) is 4.79. The molecule has 3 rings (SSSR count). The molecular weight excluding hydrogens is 487 g/mol. The van der Waals surface area contributed by atoms with Crippen LogP contribution in [0.2, 0.25) is 0 Å². The van der Waals surface area contributed by atoms with Crippen LogP contribution in [0, 0.1) is 0 Å². The topological polar surface area (TPSA) is 80.3 Å². The first-order chi connectivity index (χ1) is 12.8. The van der Waals surface area contributed by atoms with Crippen LogP contribution in [0.15, 0.2) is 103 Å². The van der Waals surface area contributed by atoms with Crippen molar-refractivity contribution >= 4 is 60.0 Å². The molecule has 2 unspecified atom stereocenters. The molecule has 0 radical (unpaired) electrons. The van der Waals surface area contributed by atoms with E-state index in [1.54, 1.807) is 24.3 Å². The Morgan fingerprint density at radius 1 is 0.517 bits per heavy atom. The summed E-state index contributed by atoms with van der Waals surface area (Å²) in [6.45, 7) is 0. The molecule has 3 aromatic carbocycles. The van der Waals surface area contributed by atoms with Gasteiger partial charge < -0.3 is 9.11 Å². The molecule has 0 heterocycles. The van der Waals surface area contributed by atoms with Crippen LogP contribution in [0.4, 0.5) is 0 Å². The fraction of sp³-hybridized carbons (Fsp3) is 0. The van der Waals surface area contributed by atoms with Gasteiger partial charge in [0.2, 0.25) is 0 Å². The van der Waals surface area contributed by atoms with Crippen LogP contribution in [-0.2, 0) is 22.2 Å². The van der Waals surface area contributed by atoms with Crippen molar-refractivity contribution in [3.63, 3.8) is 0 Å². The third kappa shape index (κ3) is 15.4. The van der Waals surface area contributed by atoms with Gasteiger partial charge in [0.15, 0.2) is 0 Å². The van der Waals surface area contributed by atoms with Crippen LogP contribution in [0.25, 0.3) is 0 Å². The zero-order chi connectivity index (χ0) is 20.2. The SMILES string of the molecule is O=S([O-])c1ccc(S)cc1.O=S([O-])c1ccc(S)cc1.Sc1ccccc1.[Na+].[Na+]. The van der Waals surface area contributed by atoms with Gasteiger partial charge in [-0.25, -0.2) is 0 Å². The van der Waals surface area contributed by atoms with E-state index in [0.29, 0.717) is 0 Å². The maximum atomic E-state index is 10.3. The van der Waals surface area contributed by atoms with E-state index in [1.165, 1.54) is 24.3 Å². The molecule has 0 aliphatic rings. The summed E-state index contributed by atoms with van der Waals surface area (Å²) in [5.74, 6) is 0. The van der Waals surface area contributed by atoms with Gasteiger partial charge >= 0.3 is 59.1 Å². The Kier molecular flexibility index (Phi) is 20.5. The van der Waals surface area contributed by atoms with Gasteiger partial charge in [-0.15, -0.1) is 37.9 Å². The minimum absolute atomic E-state index is 0. The summed E-state index contributed by atoms with van der Waals surface area (Å²) < 4.78 is 41.1.